The summed E-state index contributed by atoms with van der Waals surface area (Å²) in [5.41, 5.74) is 0.297. The van der Waals surface area contributed by atoms with Crippen LogP contribution in [0.2, 0.25) is 0 Å². The maximum Gasteiger partial charge on any atom is 0.333 e. The third-order valence-electron chi connectivity index (χ3n) is 3.92. The van der Waals surface area contributed by atoms with Crippen LogP contribution in [0.15, 0.2) is 28.7 Å². The van der Waals surface area contributed by atoms with Gasteiger partial charge in [0.15, 0.2) is 0 Å². The Morgan fingerprint density at radius 2 is 2.10 bits per heavy atom. The summed E-state index contributed by atoms with van der Waals surface area (Å²) in [6, 6.07) is 8.31. The summed E-state index contributed by atoms with van der Waals surface area (Å²) in [7, 11) is 0. The first-order valence-electron chi connectivity index (χ1n) is 7.42. The molecule has 1 unspecified atom stereocenters. The van der Waals surface area contributed by atoms with Crippen LogP contribution in [0.5, 0.6) is 0 Å². The van der Waals surface area contributed by atoms with Crippen LogP contribution in [-0.2, 0) is 9.53 Å². The Kier molecular flexibility index (Phi) is 5.27. The molecule has 116 valence electrons. The molecule has 0 aromatic heterocycles. The average molecular weight is 355 g/mol. The maximum absolute atomic E-state index is 12.5. The summed E-state index contributed by atoms with van der Waals surface area (Å²) in [6.45, 7) is 8.14. The highest BCUT2D eigenvalue weighted by molar-refractivity contribution is 9.10. The van der Waals surface area contributed by atoms with Crippen LogP contribution in [-0.4, -0.2) is 42.1 Å². The van der Waals surface area contributed by atoms with Gasteiger partial charge in [0.25, 0.3) is 0 Å². The molecule has 1 aromatic carbocycles. The lowest BCUT2D eigenvalue weighted by Crippen LogP contribution is -2.50. The molecule has 1 aliphatic heterocycles. The predicted molar refractivity (Wildman–Crippen MR) is 88.5 cm³/mol. The molecule has 0 spiro atoms. The van der Waals surface area contributed by atoms with Crippen molar-refractivity contribution in [3.63, 3.8) is 0 Å². The average Bonchev–Trinajstić information content (AvgIpc) is 2.87. The Morgan fingerprint density at radius 3 is 2.62 bits per heavy atom. The summed E-state index contributed by atoms with van der Waals surface area (Å²) >= 11 is 3.43. The van der Waals surface area contributed by atoms with Gasteiger partial charge < -0.3 is 10.1 Å². The van der Waals surface area contributed by atoms with Gasteiger partial charge in [-0.3, -0.25) is 4.90 Å². The predicted octanol–water partition coefficient (Wildman–Crippen LogP) is 3.28. The second-order valence-electron chi connectivity index (χ2n) is 5.75. The third-order valence-corrected chi connectivity index (χ3v) is 4.45. The topological polar surface area (TPSA) is 41.6 Å². The molecular weight excluding hydrogens is 332 g/mol. The molecule has 1 saturated heterocycles. The molecule has 21 heavy (non-hydrogen) atoms. The van der Waals surface area contributed by atoms with E-state index in [1.807, 2.05) is 31.2 Å². The van der Waals surface area contributed by atoms with Gasteiger partial charge in [-0.2, -0.15) is 0 Å². The number of hydrogen-bond acceptors (Lipinski definition) is 4. The number of halogens is 1. The quantitative estimate of drug-likeness (QED) is 0.823. The molecule has 1 fully saturated rings. The van der Waals surface area contributed by atoms with Crippen LogP contribution in [0.4, 0.5) is 5.69 Å². The van der Waals surface area contributed by atoms with Crippen LogP contribution in [0.1, 0.15) is 27.2 Å². The number of nitrogens with zero attached hydrogens (tertiary/aromatic N) is 1. The highest BCUT2D eigenvalue weighted by Gasteiger charge is 2.46. The summed E-state index contributed by atoms with van der Waals surface area (Å²) in [4.78, 5) is 14.8. The largest absolute Gasteiger partial charge is 0.464 e. The molecule has 1 aliphatic rings. The molecular formula is C16H23BrN2O2. The molecule has 1 N–H and O–H groups in total. The van der Waals surface area contributed by atoms with Crippen LogP contribution < -0.4 is 5.32 Å². The van der Waals surface area contributed by atoms with Crippen molar-refractivity contribution in [3.8, 4) is 0 Å². The van der Waals surface area contributed by atoms with Gasteiger partial charge >= 0.3 is 5.97 Å². The normalized spacial score (nSPS) is 22.5. The molecule has 4 nitrogen and oxygen atoms in total. The summed E-state index contributed by atoms with van der Waals surface area (Å²) in [5.74, 6) is -0.156. The van der Waals surface area contributed by atoms with Crippen LogP contribution in [0.3, 0.4) is 0 Å². The fraction of sp³-hybridized carbons (Fsp3) is 0.562. The standard InChI is InChI=1S/C16H23BrN2O2/c1-4-21-15(20)16(9-10-19(11-16)12(2)3)18-14-7-5-13(17)6-8-14/h5-8,12,18H,4,9-11H2,1-3H3. The monoisotopic (exact) mass is 354 g/mol. The Labute approximate surface area is 135 Å². The zero-order chi connectivity index (χ0) is 15.5. The molecule has 1 heterocycles. The lowest BCUT2D eigenvalue weighted by molar-refractivity contribution is -0.148. The zero-order valence-corrected chi connectivity index (χ0v) is 14.4. The number of rotatable bonds is 5. The van der Waals surface area contributed by atoms with Crippen molar-refractivity contribution in [1.29, 1.82) is 0 Å². The minimum absolute atomic E-state index is 0.156. The van der Waals surface area contributed by atoms with Gasteiger partial charge in [0.05, 0.1) is 6.61 Å². The van der Waals surface area contributed by atoms with Gasteiger partial charge in [-0.1, -0.05) is 15.9 Å². The number of carbonyl (C=O) groups excluding carboxylic acids is 1. The molecule has 0 aliphatic carbocycles. The van der Waals surface area contributed by atoms with Crippen molar-refractivity contribution in [2.45, 2.75) is 38.8 Å². The van der Waals surface area contributed by atoms with Crippen molar-refractivity contribution < 1.29 is 9.53 Å². The van der Waals surface area contributed by atoms with Crippen molar-refractivity contribution >= 4 is 27.6 Å². The van der Waals surface area contributed by atoms with E-state index in [2.05, 4.69) is 40.0 Å². The highest BCUT2D eigenvalue weighted by Crippen LogP contribution is 2.29. The van der Waals surface area contributed by atoms with E-state index in [0.29, 0.717) is 19.2 Å². The number of nitrogens with one attached hydrogen (secondary N) is 1. The van der Waals surface area contributed by atoms with Gasteiger partial charge in [-0.05, 0) is 51.5 Å². The van der Waals surface area contributed by atoms with Gasteiger partial charge in [0.2, 0.25) is 0 Å². The van der Waals surface area contributed by atoms with E-state index in [4.69, 9.17) is 4.74 Å². The molecule has 2 rings (SSSR count). The van der Waals surface area contributed by atoms with Gasteiger partial charge in [-0.25, -0.2) is 4.79 Å². The smallest absolute Gasteiger partial charge is 0.333 e. The van der Waals surface area contributed by atoms with Crippen molar-refractivity contribution in [1.82, 2.24) is 4.90 Å². The number of likely N-dealkylation sites (tertiary alicyclic amines) is 1. The number of anilines is 1. The highest BCUT2D eigenvalue weighted by atomic mass is 79.9. The van der Waals surface area contributed by atoms with E-state index in [1.54, 1.807) is 0 Å². The Bertz CT molecular complexity index is 490. The summed E-state index contributed by atoms with van der Waals surface area (Å²) < 4.78 is 6.34. The number of ether oxygens (including phenoxy) is 1. The first-order valence-corrected chi connectivity index (χ1v) is 8.21. The van der Waals surface area contributed by atoms with E-state index >= 15 is 0 Å². The third kappa shape index (κ3) is 3.77. The molecule has 0 radical (unpaired) electrons. The van der Waals surface area contributed by atoms with Gasteiger partial charge in [-0.15, -0.1) is 0 Å². The molecule has 0 saturated carbocycles. The fourth-order valence-corrected chi connectivity index (χ4v) is 2.94. The van der Waals surface area contributed by atoms with Crippen LogP contribution in [0, 0.1) is 0 Å². The van der Waals surface area contributed by atoms with Crippen molar-refractivity contribution in [2.75, 3.05) is 25.0 Å². The SMILES string of the molecule is CCOC(=O)C1(Nc2ccc(Br)cc2)CCN(C(C)C)C1. The number of esters is 1. The summed E-state index contributed by atoms with van der Waals surface area (Å²) in [6.07, 6.45) is 0.764. The Balaban J connectivity index is 2.20. The van der Waals surface area contributed by atoms with Crippen LogP contribution >= 0.6 is 15.9 Å². The first-order chi connectivity index (χ1) is 9.97. The second-order valence-corrected chi connectivity index (χ2v) is 6.66. The Hall–Kier alpha value is -1.07. The van der Waals surface area contributed by atoms with E-state index < -0.39 is 5.54 Å². The molecule has 5 heteroatoms. The van der Waals surface area contributed by atoms with Crippen LogP contribution in [0.25, 0.3) is 0 Å². The second kappa shape index (κ2) is 6.79. The van der Waals surface area contributed by atoms with E-state index in [0.717, 1.165) is 23.1 Å². The molecule has 0 amide bonds. The molecule has 1 atom stereocenters. The van der Waals surface area contributed by atoms with Crippen molar-refractivity contribution in [3.05, 3.63) is 28.7 Å². The van der Waals surface area contributed by atoms with E-state index in [9.17, 15) is 4.79 Å². The number of carbonyl (C=O) groups is 1. The van der Waals surface area contributed by atoms with Crippen molar-refractivity contribution in [2.24, 2.45) is 0 Å². The van der Waals surface area contributed by atoms with E-state index in [1.165, 1.54) is 0 Å². The first kappa shape index (κ1) is 16.3. The fourth-order valence-electron chi connectivity index (χ4n) is 2.68. The van der Waals surface area contributed by atoms with E-state index in [-0.39, 0.29) is 5.97 Å². The zero-order valence-electron chi connectivity index (χ0n) is 12.9. The van der Waals surface area contributed by atoms with Gasteiger partial charge in [0.1, 0.15) is 5.54 Å². The minimum Gasteiger partial charge on any atom is -0.464 e. The number of benzene rings is 1. The summed E-state index contributed by atoms with van der Waals surface area (Å²) in [5, 5.41) is 3.41. The maximum atomic E-state index is 12.5. The minimum atomic E-state index is -0.645. The molecule has 0 bridgehead atoms. The van der Waals surface area contributed by atoms with Gasteiger partial charge in [0, 0.05) is 29.3 Å². The lowest BCUT2D eigenvalue weighted by atomic mass is 9.98. The lowest BCUT2D eigenvalue weighted by Gasteiger charge is -2.30. The number of hydrogen-bond donors (Lipinski definition) is 1. The molecule has 1 aromatic rings. The Morgan fingerprint density at radius 1 is 1.43 bits per heavy atom.